The van der Waals surface area contributed by atoms with E-state index in [0.29, 0.717) is 18.0 Å². The molecule has 1 amide bonds. The van der Waals surface area contributed by atoms with E-state index in [2.05, 4.69) is 10.3 Å². The number of nitrogens with one attached hydrogen (secondary N) is 1. The Kier molecular flexibility index (Phi) is 5.00. The van der Waals surface area contributed by atoms with Crippen LogP contribution in [0.25, 0.3) is 5.65 Å². The highest BCUT2D eigenvalue weighted by atomic mass is 19.1. The molecule has 31 heavy (non-hydrogen) atoms. The number of rotatable bonds is 6. The van der Waals surface area contributed by atoms with Crippen molar-refractivity contribution < 1.29 is 18.7 Å². The minimum Gasteiger partial charge on any atom is -0.454 e. The molecule has 0 radical (unpaired) electrons. The number of ether oxygens (including phenoxy) is 2. The lowest BCUT2D eigenvalue weighted by atomic mass is 9.92. The quantitative estimate of drug-likeness (QED) is 0.514. The Hall–Kier alpha value is -3.87. The Morgan fingerprint density at radius 1 is 1.10 bits per heavy atom. The number of halogens is 1. The van der Waals surface area contributed by atoms with E-state index in [9.17, 15) is 9.18 Å². The van der Waals surface area contributed by atoms with Gasteiger partial charge in [-0.2, -0.15) is 0 Å². The SMILES string of the molecule is O=C(CC(c1ccc2c(c1)OCO2)c1cnc2ccccn12)NCc1ccc(F)cc1. The highest BCUT2D eigenvalue weighted by molar-refractivity contribution is 5.77. The summed E-state index contributed by atoms with van der Waals surface area (Å²) in [5.41, 5.74) is 3.50. The molecule has 2 aromatic heterocycles. The van der Waals surface area contributed by atoms with Gasteiger partial charge in [-0.05, 0) is 47.5 Å². The molecular weight excluding hydrogens is 397 g/mol. The van der Waals surface area contributed by atoms with Crippen molar-refractivity contribution in [1.29, 1.82) is 0 Å². The Balaban J connectivity index is 1.42. The number of hydrogen-bond donors (Lipinski definition) is 1. The van der Waals surface area contributed by atoms with Crippen LogP contribution in [-0.4, -0.2) is 22.1 Å². The van der Waals surface area contributed by atoms with Gasteiger partial charge in [-0.25, -0.2) is 9.37 Å². The summed E-state index contributed by atoms with van der Waals surface area (Å²) in [5.74, 6) is 0.716. The molecule has 1 aliphatic heterocycles. The molecule has 0 spiro atoms. The zero-order valence-electron chi connectivity index (χ0n) is 16.6. The Morgan fingerprint density at radius 2 is 1.94 bits per heavy atom. The maximum atomic E-state index is 13.1. The third-order valence-corrected chi connectivity index (χ3v) is 5.39. The summed E-state index contributed by atoms with van der Waals surface area (Å²) in [4.78, 5) is 17.3. The molecule has 1 N–H and O–H groups in total. The zero-order chi connectivity index (χ0) is 21.2. The van der Waals surface area contributed by atoms with Crippen molar-refractivity contribution in [2.45, 2.75) is 18.9 Å². The largest absolute Gasteiger partial charge is 0.454 e. The number of carbonyl (C=O) groups excluding carboxylic acids is 1. The van der Waals surface area contributed by atoms with E-state index in [-0.39, 0.29) is 30.9 Å². The maximum Gasteiger partial charge on any atom is 0.231 e. The van der Waals surface area contributed by atoms with Gasteiger partial charge in [0.05, 0.1) is 5.69 Å². The molecular formula is C24H20FN3O3. The predicted molar refractivity (Wildman–Crippen MR) is 112 cm³/mol. The molecule has 0 fully saturated rings. The fourth-order valence-corrected chi connectivity index (χ4v) is 3.79. The van der Waals surface area contributed by atoms with Gasteiger partial charge >= 0.3 is 0 Å². The molecule has 0 bridgehead atoms. The second kappa shape index (κ2) is 8.10. The number of carbonyl (C=O) groups is 1. The Bertz CT molecular complexity index is 1240. The van der Waals surface area contributed by atoms with Crippen LogP contribution in [-0.2, 0) is 11.3 Å². The second-order valence-corrected chi connectivity index (χ2v) is 7.38. The Morgan fingerprint density at radius 3 is 2.81 bits per heavy atom. The van der Waals surface area contributed by atoms with Gasteiger partial charge in [0, 0.05) is 31.3 Å². The van der Waals surface area contributed by atoms with Gasteiger partial charge in [0.15, 0.2) is 11.5 Å². The van der Waals surface area contributed by atoms with E-state index >= 15 is 0 Å². The molecule has 0 saturated heterocycles. The second-order valence-electron chi connectivity index (χ2n) is 7.38. The predicted octanol–water partition coefficient (Wildman–Crippen LogP) is 4.04. The lowest BCUT2D eigenvalue weighted by molar-refractivity contribution is -0.121. The number of imidazole rings is 1. The van der Waals surface area contributed by atoms with Gasteiger partial charge in [-0.1, -0.05) is 24.3 Å². The van der Waals surface area contributed by atoms with Gasteiger partial charge in [0.1, 0.15) is 11.5 Å². The normalized spacial score (nSPS) is 13.3. The van der Waals surface area contributed by atoms with Crippen LogP contribution in [0.15, 0.2) is 73.1 Å². The molecule has 1 unspecified atom stereocenters. The molecule has 1 atom stereocenters. The maximum absolute atomic E-state index is 13.1. The molecule has 7 heteroatoms. The van der Waals surface area contributed by atoms with E-state index < -0.39 is 0 Å². The molecule has 5 rings (SSSR count). The minimum atomic E-state index is -0.300. The van der Waals surface area contributed by atoms with E-state index in [4.69, 9.17) is 9.47 Å². The molecule has 2 aromatic carbocycles. The van der Waals surface area contributed by atoms with Crippen molar-refractivity contribution in [3.8, 4) is 11.5 Å². The number of amides is 1. The van der Waals surface area contributed by atoms with Crippen LogP contribution in [0.3, 0.4) is 0 Å². The van der Waals surface area contributed by atoms with Gasteiger partial charge < -0.3 is 19.2 Å². The molecule has 1 aliphatic rings. The average molecular weight is 417 g/mol. The third kappa shape index (κ3) is 3.94. The number of fused-ring (bicyclic) bond motifs is 2. The standard InChI is InChI=1S/C24H20FN3O3/c25-18-7-4-16(5-8-18)13-27-24(29)12-19(17-6-9-21-22(11-17)31-15-30-21)20-14-26-23-3-1-2-10-28(20)23/h1-11,14,19H,12-13,15H2,(H,27,29). The van der Waals surface area contributed by atoms with Gasteiger partial charge in [-0.15, -0.1) is 0 Å². The van der Waals surface area contributed by atoms with Gasteiger partial charge in [-0.3, -0.25) is 4.79 Å². The van der Waals surface area contributed by atoms with Crippen LogP contribution in [0.5, 0.6) is 11.5 Å². The number of pyridine rings is 1. The van der Waals surface area contributed by atoms with Crippen LogP contribution in [0.4, 0.5) is 4.39 Å². The van der Waals surface area contributed by atoms with Crippen molar-refractivity contribution >= 4 is 11.6 Å². The van der Waals surface area contributed by atoms with E-state index in [0.717, 1.165) is 22.5 Å². The summed E-state index contributed by atoms with van der Waals surface area (Å²) in [5, 5.41) is 2.93. The highest BCUT2D eigenvalue weighted by Gasteiger charge is 2.24. The summed E-state index contributed by atoms with van der Waals surface area (Å²) in [6, 6.07) is 17.6. The summed E-state index contributed by atoms with van der Waals surface area (Å²) < 4.78 is 26.1. The smallest absolute Gasteiger partial charge is 0.231 e. The van der Waals surface area contributed by atoms with Crippen molar-refractivity contribution in [3.05, 3.63) is 95.7 Å². The first-order chi connectivity index (χ1) is 15.2. The van der Waals surface area contributed by atoms with Crippen molar-refractivity contribution in [1.82, 2.24) is 14.7 Å². The van der Waals surface area contributed by atoms with Crippen LogP contribution < -0.4 is 14.8 Å². The van der Waals surface area contributed by atoms with Crippen LogP contribution in [0.1, 0.15) is 29.2 Å². The summed E-state index contributed by atoms with van der Waals surface area (Å²) in [6.07, 6.45) is 3.97. The fourth-order valence-electron chi connectivity index (χ4n) is 3.79. The van der Waals surface area contributed by atoms with Gasteiger partial charge in [0.25, 0.3) is 0 Å². The average Bonchev–Trinajstić information content (AvgIpc) is 3.43. The number of nitrogens with zero attached hydrogens (tertiary/aromatic N) is 2. The number of aromatic nitrogens is 2. The topological polar surface area (TPSA) is 64.9 Å². The molecule has 0 saturated carbocycles. The lowest BCUT2D eigenvalue weighted by Crippen LogP contribution is -2.25. The van der Waals surface area contributed by atoms with Crippen LogP contribution in [0.2, 0.25) is 0 Å². The summed E-state index contributed by atoms with van der Waals surface area (Å²) >= 11 is 0. The molecule has 6 nitrogen and oxygen atoms in total. The van der Waals surface area contributed by atoms with Crippen molar-refractivity contribution in [3.63, 3.8) is 0 Å². The number of benzene rings is 2. The fraction of sp³-hybridized carbons (Fsp3) is 0.167. The van der Waals surface area contributed by atoms with Crippen molar-refractivity contribution in [2.24, 2.45) is 0 Å². The monoisotopic (exact) mass is 417 g/mol. The van der Waals surface area contributed by atoms with E-state index in [1.807, 2.05) is 47.0 Å². The lowest BCUT2D eigenvalue weighted by Gasteiger charge is -2.18. The number of hydrogen-bond acceptors (Lipinski definition) is 4. The van der Waals surface area contributed by atoms with E-state index in [1.165, 1.54) is 12.1 Å². The van der Waals surface area contributed by atoms with Crippen LogP contribution in [0, 0.1) is 5.82 Å². The van der Waals surface area contributed by atoms with Crippen molar-refractivity contribution in [2.75, 3.05) is 6.79 Å². The third-order valence-electron chi connectivity index (χ3n) is 5.39. The first-order valence-corrected chi connectivity index (χ1v) is 10.00. The first kappa shape index (κ1) is 19.1. The molecule has 4 aromatic rings. The van der Waals surface area contributed by atoms with Gasteiger partial charge in [0.2, 0.25) is 12.7 Å². The minimum absolute atomic E-state index is 0.113. The van der Waals surface area contributed by atoms with Crippen LogP contribution >= 0.6 is 0 Å². The molecule has 156 valence electrons. The zero-order valence-corrected chi connectivity index (χ0v) is 16.6. The molecule has 3 heterocycles. The molecule has 0 aliphatic carbocycles. The van der Waals surface area contributed by atoms with E-state index in [1.54, 1.807) is 18.3 Å². The summed E-state index contributed by atoms with van der Waals surface area (Å²) in [7, 11) is 0. The first-order valence-electron chi connectivity index (χ1n) is 10.00. The summed E-state index contributed by atoms with van der Waals surface area (Å²) in [6.45, 7) is 0.525. The highest BCUT2D eigenvalue weighted by Crippen LogP contribution is 2.37. The Labute approximate surface area is 178 Å².